The Labute approximate surface area is 119 Å². The number of rotatable bonds is 6. The van der Waals surface area contributed by atoms with Gasteiger partial charge < -0.3 is 10.6 Å². The van der Waals surface area contributed by atoms with E-state index in [0.717, 1.165) is 25.8 Å². The van der Waals surface area contributed by atoms with E-state index in [1.54, 1.807) is 6.07 Å². The van der Waals surface area contributed by atoms with E-state index < -0.39 is 0 Å². The Bertz CT molecular complexity index is 478. The van der Waals surface area contributed by atoms with Gasteiger partial charge in [-0.2, -0.15) is 0 Å². The van der Waals surface area contributed by atoms with Gasteiger partial charge in [0.1, 0.15) is 5.82 Å². The van der Waals surface area contributed by atoms with E-state index in [2.05, 4.69) is 29.5 Å². The quantitative estimate of drug-likeness (QED) is 0.615. The lowest BCUT2D eigenvalue weighted by Crippen LogP contribution is -2.18. The van der Waals surface area contributed by atoms with Gasteiger partial charge in [0.15, 0.2) is 0 Å². The van der Waals surface area contributed by atoms with E-state index in [1.165, 1.54) is 12.5 Å². The number of pyridine rings is 1. The molecular weight excluding hydrogens is 256 g/mol. The molecule has 0 spiro atoms. The number of aromatic nitrogens is 1. The third-order valence-corrected chi connectivity index (χ3v) is 3.66. The van der Waals surface area contributed by atoms with Gasteiger partial charge in [0, 0.05) is 18.7 Å². The molecule has 110 valence electrons. The Morgan fingerprint density at radius 2 is 2.25 bits per heavy atom. The Balaban J connectivity index is 2.15. The molecular formula is C14H22N4O2. The smallest absolute Gasteiger partial charge is 0.311 e. The van der Waals surface area contributed by atoms with Gasteiger partial charge in [-0.15, -0.1) is 0 Å². The van der Waals surface area contributed by atoms with Gasteiger partial charge in [-0.25, -0.2) is 4.98 Å². The van der Waals surface area contributed by atoms with Crippen LogP contribution in [0, 0.1) is 16.0 Å². The number of hydrogen-bond donors (Lipinski definition) is 2. The molecule has 1 fully saturated rings. The molecule has 6 nitrogen and oxygen atoms in total. The standard InChI is InChI=1S/C14H22N4O2/c1-3-8-15-13-7-6-12(18(19)20)14(17-13)16-11-5-4-10(2)9-11/h6-7,10-11H,3-5,8-9H2,1-2H3,(H2,15,16,17). The van der Waals surface area contributed by atoms with Crippen LogP contribution in [0.5, 0.6) is 0 Å². The van der Waals surface area contributed by atoms with E-state index in [1.807, 2.05) is 0 Å². The molecule has 0 aliphatic heterocycles. The number of nitro groups is 1. The van der Waals surface area contributed by atoms with Crippen molar-refractivity contribution in [2.75, 3.05) is 17.2 Å². The number of nitrogens with zero attached hydrogens (tertiary/aromatic N) is 2. The van der Waals surface area contributed by atoms with Crippen molar-refractivity contribution in [2.45, 2.75) is 45.6 Å². The molecule has 0 bridgehead atoms. The van der Waals surface area contributed by atoms with Crippen molar-refractivity contribution in [3.63, 3.8) is 0 Å². The van der Waals surface area contributed by atoms with Crippen molar-refractivity contribution in [2.24, 2.45) is 5.92 Å². The van der Waals surface area contributed by atoms with Crippen LogP contribution >= 0.6 is 0 Å². The van der Waals surface area contributed by atoms with Crippen LogP contribution in [-0.4, -0.2) is 22.5 Å². The monoisotopic (exact) mass is 278 g/mol. The highest BCUT2D eigenvalue weighted by Crippen LogP contribution is 2.31. The minimum absolute atomic E-state index is 0.0478. The van der Waals surface area contributed by atoms with E-state index in [4.69, 9.17) is 0 Å². The first-order valence-electron chi connectivity index (χ1n) is 7.26. The fourth-order valence-corrected chi connectivity index (χ4v) is 2.59. The third-order valence-electron chi connectivity index (χ3n) is 3.66. The molecule has 1 heterocycles. The summed E-state index contributed by atoms with van der Waals surface area (Å²) in [7, 11) is 0. The van der Waals surface area contributed by atoms with Crippen LogP contribution in [0.2, 0.25) is 0 Å². The van der Waals surface area contributed by atoms with Gasteiger partial charge in [-0.3, -0.25) is 10.1 Å². The minimum Gasteiger partial charge on any atom is -0.370 e. The minimum atomic E-state index is -0.378. The summed E-state index contributed by atoms with van der Waals surface area (Å²) in [6, 6.07) is 3.47. The molecule has 0 amide bonds. The second-order valence-corrected chi connectivity index (χ2v) is 5.51. The average Bonchev–Trinajstić information content (AvgIpc) is 2.81. The predicted molar refractivity (Wildman–Crippen MR) is 80.1 cm³/mol. The zero-order valence-corrected chi connectivity index (χ0v) is 12.1. The summed E-state index contributed by atoms with van der Waals surface area (Å²) in [5.41, 5.74) is 0.0478. The fourth-order valence-electron chi connectivity index (χ4n) is 2.59. The molecule has 1 aromatic rings. The molecule has 1 aliphatic carbocycles. The molecule has 6 heteroatoms. The fraction of sp³-hybridized carbons (Fsp3) is 0.643. The van der Waals surface area contributed by atoms with Gasteiger partial charge in [0.25, 0.3) is 0 Å². The topological polar surface area (TPSA) is 80.1 Å². The first-order chi connectivity index (χ1) is 9.60. The highest BCUT2D eigenvalue weighted by atomic mass is 16.6. The van der Waals surface area contributed by atoms with E-state index in [9.17, 15) is 10.1 Å². The van der Waals surface area contributed by atoms with E-state index >= 15 is 0 Å². The Morgan fingerprint density at radius 1 is 1.45 bits per heavy atom. The van der Waals surface area contributed by atoms with Gasteiger partial charge in [-0.1, -0.05) is 13.8 Å². The number of anilines is 2. The molecule has 2 unspecified atom stereocenters. The molecule has 0 radical (unpaired) electrons. The van der Waals surface area contributed by atoms with Crippen molar-refractivity contribution in [3.05, 3.63) is 22.2 Å². The second kappa shape index (κ2) is 6.54. The molecule has 1 aromatic heterocycles. The van der Waals surface area contributed by atoms with Gasteiger partial charge in [0.05, 0.1) is 4.92 Å². The molecule has 1 saturated carbocycles. The molecule has 2 atom stereocenters. The molecule has 2 N–H and O–H groups in total. The van der Waals surface area contributed by atoms with Crippen molar-refractivity contribution >= 4 is 17.3 Å². The predicted octanol–water partition coefficient (Wildman–Crippen LogP) is 3.41. The maximum atomic E-state index is 11.1. The zero-order chi connectivity index (χ0) is 14.5. The molecule has 20 heavy (non-hydrogen) atoms. The lowest BCUT2D eigenvalue weighted by molar-refractivity contribution is -0.384. The first kappa shape index (κ1) is 14.6. The summed E-state index contributed by atoms with van der Waals surface area (Å²) >= 11 is 0. The summed E-state index contributed by atoms with van der Waals surface area (Å²) in [5.74, 6) is 1.74. The van der Waals surface area contributed by atoms with Crippen LogP contribution in [0.4, 0.5) is 17.3 Å². The zero-order valence-electron chi connectivity index (χ0n) is 12.1. The van der Waals surface area contributed by atoms with Crippen LogP contribution < -0.4 is 10.6 Å². The maximum absolute atomic E-state index is 11.1. The van der Waals surface area contributed by atoms with Gasteiger partial charge in [-0.05, 0) is 37.7 Å². The van der Waals surface area contributed by atoms with Crippen molar-refractivity contribution in [1.29, 1.82) is 0 Å². The molecule has 0 saturated heterocycles. The Hall–Kier alpha value is -1.85. The highest BCUT2D eigenvalue weighted by molar-refractivity contribution is 5.60. The third kappa shape index (κ3) is 3.59. The van der Waals surface area contributed by atoms with E-state index in [-0.39, 0.29) is 16.7 Å². The summed E-state index contributed by atoms with van der Waals surface area (Å²) in [4.78, 5) is 15.1. The Morgan fingerprint density at radius 3 is 2.85 bits per heavy atom. The largest absolute Gasteiger partial charge is 0.370 e. The van der Waals surface area contributed by atoms with Crippen LogP contribution in [-0.2, 0) is 0 Å². The molecule has 1 aliphatic rings. The second-order valence-electron chi connectivity index (χ2n) is 5.51. The van der Waals surface area contributed by atoms with Crippen LogP contribution in [0.1, 0.15) is 39.5 Å². The normalized spacial score (nSPS) is 21.7. The maximum Gasteiger partial charge on any atom is 0.311 e. The van der Waals surface area contributed by atoms with Crippen LogP contribution in [0.25, 0.3) is 0 Å². The first-order valence-corrected chi connectivity index (χ1v) is 7.26. The van der Waals surface area contributed by atoms with Crippen molar-refractivity contribution in [1.82, 2.24) is 4.98 Å². The average molecular weight is 278 g/mol. The lowest BCUT2D eigenvalue weighted by Gasteiger charge is -2.14. The lowest BCUT2D eigenvalue weighted by atomic mass is 10.1. The van der Waals surface area contributed by atoms with Crippen molar-refractivity contribution in [3.8, 4) is 0 Å². The van der Waals surface area contributed by atoms with Crippen LogP contribution in [0.3, 0.4) is 0 Å². The van der Waals surface area contributed by atoms with Crippen LogP contribution in [0.15, 0.2) is 12.1 Å². The van der Waals surface area contributed by atoms with Crippen molar-refractivity contribution < 1.29 is 4.92 Å². The van der Waals surface area contributed by atoms with Gasteiger partial charge in [0.2, 0.25) is 5.82 Å². The highest BCUT2D eigenvalue weighted by Gasteiger charge is 2.25. The Kier molecular flexibility index (Phi) is 4.76. The number of nitrogens with one attached hydrogen (secondary N) is 2. The summed E-state index contributed by atoms with van der Waals surface area (Å²) in [5, 5.41) is 17.5. The molecule has 0 aromatic carbocycles. The summed E-state index contributed by atoms with van der Waals surface area (Å²) < 4.78 is 0. The van der Waals surface area contributed by atoms with E-state index in [0.29, 0.717) is 17.6 Å². The molecule has 2 rings (SSSR count). The van der Waals surface area contributed by atoms with Gasteiger partial charge >= 0.3 is 5.69 Å². The number of hydrogen-bond acceptors (Lipinski definition) is 5. The summed E-state index contributed by atoms with van der Waals surface area (Å²) in [6.45, 7) is 5.09. The summed E-state index contributed by atoms with van der Waals surface area (Å²) in [6.07, 6.45) is 4.25. The SMILES string of the molecule is CCCNc1ccc([N+](=O)[O-])c(NC2CCC(C)C2)n1.